The van der Waals surface area contributed by atoms with Crippen LogP contribution in [0.5, 0.6) is 0 Å². The molecule has 0 spiro atoms. The van der Waals surface area contributed by atoms with Crippen LogP contribution in [0, 0.1) is 13.8 Å². The third kappa shape index (κ3) is 3.15. The van der Waals surface area contributed by atoms with E-state index in [4.69, 9.17) is 9.56 Å². The standard InChI is InChI=1S/C13H16N2O3S/c1-9-4-3-5-12(10(9)2)15-8-11-6-7-13(18-11)19(14,16)17/h3-7,15H,8H2,1-2H3,(H2,14,16,17). The van der Waals surface area contributed by atoms with Crippen LogP contribution < -0.4 is 10.5 Å². The summed E-state index contributed by atoms with van der Waals surface area (Å²) < 4.78 is 27.3. The molecule has 0 radical (unpaired) electrons. The predicted molar refractivity (Wildman–Crippen MR) is 73.3 cm³/mol. The normalized spacial score (nSPS) is 11.5. The zero-order valence-corrected chi connectivity index (χ0v) is 11.6. The molecule has 0 aliphatic carbocycles. The summed E-state index contributed by atoms with van der Waals surface area (Å²) in [5.74, 6) is 0.518. The number of nitrogens with one attached hydrogen (secondary N) is 1. The Labute approximate surface area is 112 Å². The molecule has 0 unspecified atom stereocenters. The van der Waals surface area contributed by atoms with Crippen molar-refractivity contribution in [2.75, 3.05) is 5.32 Å². The Morgan fingerprint density at radius 1 is 1.21 bits per heavy atom. The van der Waals surface area contributed by atoms with Gasteiger partial charge in [0.05, 0.1) is 6.54 Å². The summed E-state index contributed by atoms with van der Waals surface area (Å²) in [4.78, 5) is 0. The second-order valence-electron chi connectivity index (χ2n) is 4.37. The number of hydrogen-bond acceptors (Lipinski definition) is 4. The second-order valence-corrected chi connectivity index (χ2v) is 5.86. The van der Waals surface area contributed by atoms with E-state index in [0.717, 1.165) is 11.3 Å². The first-order chi connectivity index (χ1) is 8.88. The van der Waals surface area contributed by atoms with Crippen molar-refractivity contribution in [2.45, 2.75) is 25.5 Å². The maximum Gasteiger partial charge on any atom is 0.271 e. The Kier molecular flexibility index (Phi) is 3.64. The Balaban J connectivity index is 2.11. The lowest BCUT2D eigenvalue weighted by Crippen LogP contribution is -2.10. The molecule has 1 aromatic heterocycles. The number of sulfonamides is 1. The first-order valence-electron chi connectivity index (χ1n) is 5.79. The molecule has 0 bridgehead atoms. The van der Waals surface area contributed by atoms with Crippen LogP contribution in [-0.4, -0.2) is 8.42 Å². The summed E-state index contributed by atoms with van der Waals surface area (Å²) in [6.45, 7) is 4.46. The maximum atomic E-state index is 11.1. The van der Waals surface area contributed by atoms with Crippen molar-refractivity contribution in [1.29, 1.82) is 0 Å². The van der Waals surface area contributed by atoms with Crippen LogP contribution in [0.15, 0.2) is 39.8 Å². The molecule has 0 aliphatic heterocycles. The molecule has 0 atom stereocenters. The van der Waals surface area contributed by atoms with Crippen molar-refractivity contribution in [1.82, 2.24) is 0 Å². The fraction of sp³-hybridized carbons (Fsp3) is 0.231. The first-order valence-corrected chi connectivity index (χ1v) is 7.34. The van der Waals surface area contributed by atoms with Crippen LogP contribution in [0.2, 0.25) is 0 Å². The van der Waals surface area contributed by atoms with E-state index in [2.05, 4.69) is 5.32 Å². The van der Waals surface area contributed by atoms with Gasteiger partial charge in [-0.25, -0.2) is 13.6 Å². The van der Waals surface area contributed by atoms with Gasteiger partial charge in [-0.15, -0.1) is 0 Å². The molecule has 1 heterocycles. The lowest BCUT2D eigenvalue weighted by molar-refractivity contribution is 0.419. The molecule has 6 heteroatoms. The molecule has 5 nitrogen and oxygen atoms in total. The fourth-order valence-corrected chi connectivity index (χ4v) is 2.21. The minimum atomic E-state index is -3.77. The molecule has 0 aliphatic rings. The minimum Gasteiger partial charge on any atom is -0.446 e. The monoisotopic (exact) mass is 280 g/mol. The number of primary sulfonamides is 1. The third-order valence-corrected chi connectivity index (χ3v) is 3.76. The third-order valence-electron chi connectivity index (χ3n) is 2.98. The van der Waals surface area contributed by atoms with E-state index in [9.17, 15) is 8.42 Å². The summed E-state index contributed by atoms with van der Waals surface area (Å²) in [5.41, 5.74) is 3.34. The molecule has 0 saturated carbocycles. The van der Waals surface area contributed by atoms with Gasteiger partial charge in [0.25, 0.3) is 10.0 Å². The molecular formula is C13H16N2O3S. The fourth-order valence-electron chi connectivity index (χ4n) is 1.73. The predicted octanol–water partition coefficient (Wildman–Crippen LogP) is 2.16. The number of benzene rings is 1. The van der Waals surface area contributed by atoms with Gasteiger partial charge in [-0.3, -0.25) is 0 Å². The van der Waals surface area contributed by atoms with Crippen LogP contribution >= 0.6 is 0 Å². The van der Waals surface area contributed by atoms with Gasteiger partial charge >= 0.3 is 0 Å². The van der Waals surface area contributed by atoms with E-state index in [1.807, 2.05) is 32.0 Å². The van der Waals surface area contributed by atoms with Gasteiger partial charge in [0.15, 0.2) is 0 Å². The van der Waals surface area contributed by atoms with Gasteiger partial charge in [0, 0.05) is 5.69 Å². The summed E-state index contributed by atoms with van der Waals surface area (Å²) >= 11 is 0. The Bertz CT molecular complexity index is 690. The van der Waals surface area contributed by atoms with Gasteiger partial charge in [-0.05, 0) is 43.2 Å². The van der Waals surface area contributed by atoms with Crippen LogP contribution in [-0.2, 0) is 16.6 Å². The van der Waals surface area contributed by atoms with E-state index in [-0.39, 0.29) is 5.09 Å². The van der Waals surface area contributed by atoms with Crippen LogP contribution in [0.1, 0.15) is 16.9 Å². The zero-order valence-electron chi connectivity index (χ0n) is 10.8. The van der Waals surface area contributed by atoms with Crippen molar-refractivity contribution >= 4 is 15.7 Å². The number of anilines is 1. The Hall–Kier alpha value is -1.79. The molecule has 2 rings (SSSR count). The lowest BCUT2D eigenvalue weighted by Gasteiger charge is -2.10. The van der Waals surface area contributed by atoms with E-state index in [1.54, 1.807) is 6.07 Å². The highest BCUT2D eigenvalue weighted by molar-refractivity contribution is 7.89. The quantitative estimate of drug-likeness (QED) is 0.898. The molecule has 102 valence electrons. The van der Waals surface area contributed by atoms with E-state index >= 15 is 0 Å². The minimum absolute atomic E-state index is 0.217. The molecule has 0 saturated heterocycles. The molecule has 2 aromatic rings. The van der Waals surface area contributed by atoms with Crippen LogP contribution in [0.25, 0.3) is 0 Å². The maximum absolute atomic E-state index is 11.1. The molecular weight excluding hydrogens is 264 g/mol. The molecule has 3 N–H and O–H groups in total. The molecule has 0 fully saturated rings. The van der Waals surface area contributed by atoms with Crippen molar-refractivity contribution < 1.29 is 12.8 Å². The van der Waals surface area contributed by atoms with Crippen molar-refractivity contribution in [3.05, 3.63) is 47.2 Å². The average Bonchev–Trinajstić information content (AvgIpc) is 2.79. The summed E-state index contributed by atoms with van der Waals surface area (Å²) in [6, 6.07) is 8.91. The topological polar surface area (TPSA) is 85.3 Å². The first kappa shape index (κ1) is 13.6. The zero-order chi connectivity index (χ0) is 14.0. The lowest BCUT2D eigenvalue weighted by atomic mass is 10.1. The van der Waals surface area contributed by atoms with Crippen molar-refractivity contribution in [2.24, 2.45) is 5.14 Å². The van der Waals surface area contributed by atoms with Gasteiger partial charge < -0.3 is 9.73 Å². The summed E-state index contributed by atoms with van der Waals surface area (Å²) in [7, 11) is -3.77. The van der Waals surface area contributed by atoms with E-state index in [0.29, 0.717) is 12.3 Å². The highest BCUT2D eigenvalue weighted by atomic mass is 32.2. The van der Waals surface area contributed by atoms with Crippen LogP contribution in [0.3, 0.4) is 0 Å². The summed E-state index contributed by atoms with van der Waals surface area (Å²) in [5, 5.41) is 7.97. The van der Waals surface area contributed by atoms with Gasteiger partial charge in [0.1, 0.15) is 5.76 Å². The van der Waals surface area contributed by atoms with Crippen LogP contribution in [0.4, 0.5) is 5.69 Å². The van der Waals surface area contributed by atoms with Gasteiger partial charge in [-0.1, -0.05) is 12.1 Å². The largest absolute Gasteiger partial charge is 0.446 e. The second kappa shape index (κ2) is 5.07. The number of hydrogen-bond donors (Lipinski definition) is 2. The van der Waals surface area contributed by atoms with E-state index in [1.165, 1.54) is 11.6 Å². The molecule has 0 amide bonds. The highest BCUT2D eigenvalue weighted by Crippen LogP contribution is 2.19. The molecule has 1 aromatic carbocycles. The number of nitrogens with two attached hydrogens (primary N) is 1. The Morgan fingerprint density at radius 3 is 2.58 bits per heavy atom. The van der Waals surface area contributed by atoms with Crippen molar-refractivity contribution in [3.8, 4) is 0 Å². The number of rotatable bonds is 4. The highest BCUT2D eigenvalue weighted by Gasteiger charge is 2.13. The van der Waals surface area contributed by atoms with Gasteiger partial charge in [-0.2, -0.15) is 0 Å². The molecule has 19 heavy (non-hydrogen) atoms. The van der Waals surface area contributed by atoms with E-state index < -0.39 is 10.0 Å². The Morgan fingerprint density at radius 2 is 1.95 bits per heavy atom. The number of aryl methyl sites for hydroxylation is 1. The van der Waals surface area contributed by atoms with Crippen molar-refractivity contribution in [3.63, 3.8) is 0 Å². The summed E-state index contributed by atoms with van der Waals surface area (Å²) in [6.07, 6.45) is 0. The SMILES string of the molecule is Cc1cccc(NCc2ccc(S(N)(=O)=O)o2)c1C. The smallest absolute Gasteiger partial charge is 0.271 e. The number of furan rings is 1. The van der Waals surface area contributed by atoms with Gasteiger partial charge in [0.2, 0.25) is 5.09 Å². The average molecular weight is 280 g/mol.